The van der Waals surface area contributed by atoms with Crippen LogP contribution in [0.15, 0.2) is 30.5 Å². The van der Waals surface area contributed by atoms with E-state index < -0.39 is 29.3 Å². The van der Waals surface area contributed by atoms with Crippen LogP contribution >= 0.6 is 11.6 Å². The van der Waals surface area contributed by atoms with E-state index >= 15 is 4.39 Å². The number of nitrogen functional groups attached to an aromatic ring is 1. The highest BCUT2D eigenvalue weighted by Crippen LogP contribution is 2.43. The predicted octanol–water partition coefficient (Wildman–Crippen LogP) is 4.66. The van der Waals surface area contributed by atoms with Gasteiger partial charge in [-0.25, -0.2) is 14.2 Å². The number of ketones is 1. The zero-order chi connectivity index (χ0) is 21.3. The van der Waals surface area contributed by atoms with Crippen molar-refractivity contribution in [3.05, 3.63) is 58.0 Å². The van der Waals surface area contributed by atoms with Crippen molar-refractivity contribution in [2.45, 2.75) is 45.3 Å². The van der Waals surface area contributed by atoms with Gasteiger partial charge in [0.15, 0.2) is 5.78 Å². The second-order valence-electron chi connectivity index (χ2n) is 8.09. The number of alkyl carbamates (subject to hydrolysis) is 1. The van der Waals surface area contributed by atoms with Crippen molar-refractivity contribution in [2.24, 2.45) is 5.92 Å². The first-order valence-corrected chi connectivity index (χ1v) is 9.68. The van der Waals surface area contributed by atoms with Gasteiger partial charge in [0.05, 0.1) is 16.6 Å². The molecule has 0 spiro atoms. The number of hydrogen-bond donors (Lipinski definition) is 2. The molecule has 154 valence electrons. The summed E-state index contributed by atoms with van der Waals surface area (Å²) in [6.45, 7) is 5.25. The summed E-state index contributed by atoms with van der Waals surface area (Å²) in [7, 11) is 0. The Balaban J connectivity index is 1.94. The lowest BCUT2D eigenvalue weighted by Gasteiger charge is -2.24. The van der Waals surface area contributed by atoms with Crippen molar-refractivity contribution < 1.29 is 18.7 Å². The van der Waals surface area contributed by atoms with Crippen LogP contribution in [0.4, 0.5) is 15.0 Å². The maximum atomic E-state index is 15.4. The average molecular weight is 420 g/mol. The van der Waals surface area contributed by atoms with E-state index in [2.05, 4.69) is 10.3 Å². The highest BCUT2D eigenvalue weighted by atomic mass is 35.5. The first-order valence-electron chi connectivity index (χ1n) is 9.30. The highest BCUT2D eigenvalue weighted by Gasteiger charge is 2.37. The summed E-state index contributed by atoms with van der Waals surface area (Å²) in [5, 5.41) is 2.73. The molecule has 1 aromatic carbocycles. The molecule has 3 rings (SSSR count). The third-order valence-corrected chi connectivity index (χ3v) is 4.81. The maximum absolute atomic E-state index is 15.4. The topological polar surface area (TPSA) is 94.3 Å². The van der Waals surface area contributed by atoms with E-state index in [4.69, 9.17) is 22.1 Å². The molecule has 3 N–H and O–H groups in total. The van der Waals surface area contributed by atoms with Gasteiger partial charge in [-0.3, -0.25) is 4.79 Å². The molecule has 1 aliphatic rings. The van der Waals surface area contributed by atoms with Gasteiger partial charge in [0, 0.05) is 17.3 Å². The van der Waals surface area contributed by atoms with Crippen LogP contribution in [-0.2, 0) is 4.74 Å². The average Bonchev–Trinajstić information content (AvgIpc) is 3.44. The summed E-state index contributed by atoms with van der Waals surface area (Å²) < 4.78 is 20.7. The summed E-state index contributed by atoms with van der Waals surface area (Å²) in [6, 6.07) is 5.27. The summed E-state index contributed by atoms with van der Waals surface area (Å²) in [4.78, 5) is 29.0. The van der Waals surface area contributed by atoms with Crippen molar-refractivity contribution in [2.75, 3.05) is 5.73 Å². The second-order valence-corrected chi connectivity index (χ2v) is 8.49. The number of anilines is 1. The third-order valence-electron chi connectivity index (χ3n) is 4.50. The van der Waals surface area contributed by atoms with Gasteiger partial charge < -0.3 is 15.8 Å². The smallest absolute Gasteiger partial charge is 0.408 e. The Morgan fingerprint density at radius 3 is 2.52 bits per heavy atom. The minimum absolute atomic E-state index is 0.0140. The number of benzene rings is 1. The van der Waals surface area contributed by atoms with E-state index in [1.54, 1.807) is 20.8 Å². The molecule has 29 heavy (non-hydrogen) atoms. The fourth-order valence-electron chi connectivity index (χ4n) is 3.01. The van der Waals surface area contributed by atoms with Gasteiger partial charge in [0.1, 0.15) is 17.2 Å². The molecule has 0 radical (unpaired) electrons. The molecule has 1 saturated carbocycles. The Morgan fingerprint density at radius 2 is 1.97 bits per heavy atom. The summed E-state index contributed by atoms with van der Waals surface area (Å²) >= 11 is 6.15. The minimum atomic E-state index is -0.757. The maximum Gasteiger partial charge on any atom is 0.408 e. The molecule has 1 fully saturated rings. The lowest BCUT2D eigenvalue weighted by molar-refractivity contribution is 0.0496. The van der Waals surface area contributed by atoms with Crippen LogP contribution in [-0.4, -0.2) is 22.5 Å². The molecule has 1 aliphatic carbocycles. The van der Waals surface area contributed by atoms with E-state index in [1.807, 2.05) is 0 Å². The van der Waals surface area contributed by atoms with Crippen LogP contribution < -0.4 is 11.1 Å². The van der Waals surface area contributed by atoms with Gasteiger partial charge in [-0.2, -0.15) is 0 Å². The van der Waals surface area contributed by atoms with Crippen LogP contribution in [0.2, 0.25) is 5.02 Å². The van der Waals surface area contributed by atoms with Gasteiger partial charge in [-0.05, 0) is 57.7 Å². The molecule has 1 aromatic heterocycles. The Morgan fingerprint density at radius 1 is 1.28 bits per heavy atom. The number of aromatic nitrogens is 1. The summed E-state index contributed by atoms with van der Waals surface area (Å²) in [5.41, 5.74) is 4.98. The van der Waals surface area contributed by atoms with Crippen molar-refractivity contribution in [3.8, 4) is 0 Å². The van der Waals surface area contributed by atoms with Crippen molar-refractivity contribution in [1.29, 1.82) is 0 Å². The molecule has 6 nitrogen and oxygen atoms in total. The number of hydrogen-bond acceptors (Lipinski definition) is 5. The van der Waals surface area contributed by atoms with E-state index in [-0.39, 0.29) is 33.4 Å². The van der Waals surface area contributed by atoms with Gasteiger partial charge in [0.25, 0.3) is 0 Å². The number of carbonyl (C=O) groups excluding carboxylic acids is 2. The minimum Gasteiger partial charge on any atom is -0.444 e. The highest BCUT2D eigenvalue weighted by molar-refractivity contribution is 6.35. The summed E-state index contributed by atoms with van der Waals surface area (Å²) in [5.74, 6) is -1.04. The fraction of sp³-hybridized carbons (Fsp3) is 0.381. The van der Waals surface area contributed by atoms with Crippen LogP contribution in [0, 0.1) is 11.7 Å². The first kappa shape index (κ1) is 21.0. The molecule has 1 heterocycles. The van der Waals surface area contributed by atoms with Gasteiger partial charge in [-0.1, -0.05) is 17.7 Å². The predicted molar refractivity (Wildman–Crippen MR) is 108 cm³/mol. The number of carbonyl (C=O) groups is 2. The Labute approximate surface area is 173 Å². The number of rotatable bonds is 5. The van der Waals surface area contributed by atoms with E-state index in [9.17, 15) is 9.59 Å². The Kier molecular flexibility index (Phi) is 5.80. The number of nitrogens with two attached hydrogens (primary N) is 1. The quantitative estimate of drug-likeness (QED) is 0.687. The largest absolute Gasteiger partial charge is 0.444 e. The number of halogens is 2. The number of nitrogens with one attached hydrogen (secondary N) is 1. The number of amides is 1. The van der Waals surface area contributed by atoms with Crippen LogP contribution in [0.5, 0.6) is 0 Å². The molecule has 0 saturated heterocycles. The lowest BCUT2D eigenvalue weighted by atomic mass is 9.95. The fourth-order valence-corrected chi connectivity index (χ4v) is 3.25. The van der Waals surface area contributed by atoms with Gasteiger partial charge >= 0.3 is 6.09 Å². The van der Waals surface area contributed by atoms with Crippen molar-refractivity contribution in [3.63, 3.8) is 0 Å². The molecule has 1 unspecified atom stereocenters. The van der Waals surface area contributed by atoms with E-state index in [1.165, 1.54) is 30.5 Å². The van der Waals surface area contributed by atoms with Gasteiger partial charge in [-0.15, -0.1) is 0 Å². The van der Waals surface area contributed by atoms with Crippen LogP contribution in [0.3, 0.4) is 0 Å². The number of nitrogens with zero attached hydrogens (tertiary/aromatic N) is 1. The zero-order valence-corrected chi connectivity index (χ0v) is 17.2. The third kappa shape index (κ3) is 5.03. The van der Waals surface area contributed by atoms with Crippen molar-refractivity contribution >= 4 is 29.3 Å². The normalized spacial score (nSPS) is 14.9. The molecule has 0 aliphatic heterocycles. The van der Waals surface area contributed by atoms with Gasteiger partial charge in [0.2, 0.25) is 0 Å². The van der Waals surface area contributed by atoms with E-state index in [0.717, 1.165) is 12.8 Å². The molecule has 0 bridgehead atoms. The second kappa shape index (κ2) is 7.99. The van der Waals surface area contributed by atoms with Crippen molar-refractivity contribution in [1.82, 2.24) is 10.3 Å². The standard InChI is InChI=1S/C21H23ClFN3O3/c1-21(2,3)29-20(28)26-18(11-4-5-11)13-7-8-14(22)16(17(13)23)19(27)12-6-9-15(24)25-10-12/h6-11,18H,4-5H2,1-3H3,(H2,24,25)(H,26,28). The van der Waals surface area contributed by atoms with Crippen LogP contribution in [0.25, 0.3) is 0 Å². The molecule has 2 aromatic rings. The molecular weight excluding hydrogens is 397 g/mol. The Hall–Kier alpha value is -2.67. The number of ether oxygens (including phenoxy) is 1. The van der Waals surface area contributed by atoms with Crippen LogP contribution in [0.1, 0.15) is 61.1 Å². The summed E-state index contributed by atoms with van der Waals surface area (Å²) in [6.07, 6.45) is 2.32. The molecule has 1 atom stereocenters. The number of pyridine rings is 1. The molecule has 1 amide bonds. The lowest BCUT2D eigenvalue weighted by Crippen LogP contribution is -2.36. The van der Waals surface area contributed by atoms with E-state index in [0.29, 0.717) is 0 Å². The monoisotopic (exact) mass is 419 g/mol. The molecule has 8 heteroatoms. The zero-order valence-electron chi connectivity index (χ0n) is 16.5. The molecular formula is C21H23ClFN3O3. The first-order chi connectivity index (χ1) is 13.6. The Bertz CT molecular complexity index is 937. The SMILES string of the molecule is CC(C)(C)OC(=O)NC(c1ccc(Cl)c(C(=O)c2ccc(N)nc2)c1F)C1CC1.